The number of nitrogens with zero attached hydrogens (tertiary/aromatic N) is 3. The normalized spacial score (nSPS) is 24.1. The second-order valence-electron chi connectivity index (χ2n) is 7.03. The van der Waals surface area contributed by atoms with Crippen molar-refractivity contribution in [3.8, 4) is 10.8 Å². The minimum atomic E-state index is 0.411. The summed E-state index contributed by atoms with van der Waals surface area (Å²) in [5, 5.41) is 10.6. The van der Waals surface area contributed by atoms with Crippen molar-refractivity contribution in [1.29, 1.82) is 0 Å². The highest BCUT2D eigenvalue weighted by Gasteiger charge is 2.27. The summed E-state index contributed by atoms with van der Waals surface area (Å²) in [7, 11) is 0. The summed E-state index contributed by atoms with van der Waals surface area (Å²) in [5.74, 6) is 2.83. The number of rotatable bonds is 4. The van der Waals surface area contributed by atoms with Crippen LogP contribution in [-0.4, -0.2) is 34.7 Å². The molecule has 3 heterocycles. The topological polar surface area (TPSA) is 42.2 Å². The molecule has 1 atom stereocenters. The van der Waals surface area contributed by atoms with E-state index in [2.05, 4.69) is 15.1 Å². The first kappa shape index (κ1) is 15.3. The van der Waals surface area contributed by atoms with Gasteiger partial charge in [-0.2, -0.15) is 0 Å². The predicted octanol–water partition coefficient (Wildman–Crippen LogP) is 4.56. The molecule has 0 N–H and O–H groups in total. The zero-order chi connectivity index (χ0) is 15.5. The van der Waals surface area contributed by atoms with Crippen molar-refractivity contribution < 1.29 is 4.42 Å². The second-order valence-corrected chi connectivity index (χ2v) is 7.97. The summed E-state index contributed by atoms with van der Waals surface area (Å²) in [6.45, 7) is 3.59. The Balaban J connectivity index is 1.39. The van der Waals surface area contributed by atoms with Crippen molar-refractivity contribution in [2.75, 3.05) is 19.6 Å². The van der Waals surface area contributed by atoms with Crippen LogP contribution in [0.1, 0.15) is 56.8 Å². The van der Waals surface area contributed by atoms with Crippen molar-refractivity contribution in [3.63, 3.8) is 0 Å². The van der Waals surface area contributed by atoms with Crippen LogP contribution in [0.5, 0.6) is 0 Å². The molecule has 2 aromatic rings. The molecular weight excluding hydrogens is 306 g/mol. The Labute approximate surface area is 141 Å². The molecule has 0 amide bonds. The maximum Gasteiger partial charge on any atom is 0.257 e. The molecule has 1 saturated carbocycles. The molecule has 0 spiro atoms. The first-order valence-electron chi connectivity index (χ1n) is 8.98. The summed E-state index contributed by atoms with van der Waals surface area (Å²) in [4.78, 5) is 3.71. The first-order valence-corrected chi connectivity index (χ1v) is 9.86. The van der Waals surface area contributed by atoms with Crippen LogP contribution in [0.25, 0.3) is 10.8 Å². The SMILES string of the molecule is c1csc(-c2nnc(C3CCCN(CC4CCCCC4)C3)o2)c1. The van der Waals surface area contributed by atoms with Crippen molar-refractivity contribution in [1.82, 2.24) is 15.1 Å². The average molecular weight is 331 g/mol. The van der Waals surface area contributed by atoms with Crippen LogP contribution >= 0.6 is 11.3 Å². The van der Waals surface area contributed by atoms with Gasteiger partial charge in [-0.15, -0.1) is 21.5 Å². The Kier molecular flexibility index (Phi) is 4.76. The van der Waals surface area contributed by atoms with E-state index in [0.29, 0.717) is 11.8 Å². The first-order chi connectivity index (χ1) is 11.4. The zero-order valence-corrected chi connectivity index (χ0v) is 14.4. The van der Waals surface area contributed by atoms with Crippen LogP contribution in [0, 0.1) is 5.92 Å². The van der Waals surface area contributed by atoms with Gasteiger partial charge in [-0.3, -0.25) is 0 Å². The molecule has 2 aromatic heterocycles. The summed E-state index contributed by atoms with van der Waals surface area (Å²) in [6.07, 6.45) is 9.55. The fourth-order valence-electron chi connectivity index (χ4n) is 4.06. The molecule has 4 nitrogen and oxygen atoms in total. The van der Waals surface area contributed by atoms with Gasteiger partial charge >= 0.3 is 0 Å². The molecule has 4 rings (SSSR count). The van der Waals surface area contributed by atoms with Gasteiger partial charge in [0.05, 0.1) is 10.8 Å². The van der Waals surface area contributed by atoms with Gasteiger partial charge in [0.1, 0.15) is 0 Å². The number of hydrogen-bond acceptors (Lipinski definition) is 5. The standard InChI is InChI=1S/C18H25N3OS/c1-2-6-14(7-3-1)12-21-10-4-8-15(13-21)17-19-20-18(22-17)16-9-5-11-23-16/h5,9,11,14-15H,1-4,6-8,10,12-13H2. The maximum atomic E-state index is 5.97. The fraction of sp³-hybridized carbons (Fsp3) is 0.667. The molecule has 124 valence electrons. The molecule has 2 fully saturated rings. The smallest absolute Gasteiger partial charge is 0.257 e. The number of hydrogen-bond donors (Lipinski definition) is 0. The lowest BCUT2D eigenvalue weighted by Crippen LogP contribution is -2.38. The van der Waals surface area contributed by atoms with Gasteiger partial charge in [-0.05, 0) is 49.6 Å². The van der Waals surface area contributed by atoms with Crippen molar-refractivity contribution in [2.45, 2.75) is 50.9 Å². The van der Waals surface area contributed by atoms with Gasteiger partial charge in [0, 0.05) is 13.1 Å². The van der Waals surface area contributed by atoms with E-state index in [0.717, 1.165) is 23.2 Å². The molecular formula is C18H25N3OS. The third kappa shape index (κ3) is 3.66. The Morgan fingerprint density at radius 3 is 2.87 bits per heavy atom. The summed E-state index contributed by atoms with van der Waals surface area (Å²) >= 11 is 1.65. The Morgan fingerprint density at radius 2 is 2.04 bits per heavy atom. The highest BCUT2D eigenvalue weighted by molar-refractivity contribution is 7.13. The molecule has 1 aliphatic carbocycles. The highest BCUT2D eigenvalue weighted by atomic mass is 32.1. The number of aromatic nitrogens is 2. The van der Waals surface area contributed by atoms with E-state index < -0.39 is 0 Å². The Bertz CT molecular complexity index is 604. The minimum Gasteiger partial charge on any atom is -0.420 e. The van der Waals surface area contributed by atoms with E-state index in [1.807, 2.05) is 17.5 Å². The van der Waals surface area contributed by atoms with Crippen LogP contribution in [0.2, 0.25) is 0 Å². The molecule has 0 aromatic carbocycles. The van der Waals surface area contributed by atoms with Gasteiger partial charge in [-0.1, -0.05) is 25.3 Å². The number of piperidine rings is 1. The Morgan fingerprint density at radius 1 is 1.13 bits per heavy atom. The summed E-state index contributed by atoms with van der Waals surface area (Å²) in [5.41, 5.74) is 0. The van der Waals surface area contributed by atoms with Crippen molar-refractivity contribution >= 4 is 11.3 Å². The highest BCUT2D eigenvalue weighted by Crippen LogP contribution is 2.31. The number of thiophene rings is 1. The van der Waals surface area contributed by atoms with Crippen molar-refractivity contribution in [2.24, 2.45) is 5.92 Å². The van der Waals surface area contributed by atoms with Gasteiger partial charge < -0.3 is 9.32 Å². The van der Waals surface area contributed by atoms with Crippen LogP contribution in [0.3, 0.4) is 0 Å². The van der Waals surface area contributed by atoms with E-state index in [1.54, 1.807) is 11.3 Å². The van der Waals surface area contributed by atoms with E-state index in [-0.39, 0.29) is 0 Å². The van der Waals surface area contributed by atoms with E-state index in [4.69, 9.17) is 4.42 Å². The zero-order valence-electron chi connectivity index (χ0n) is 13.6. The van der Waals surface area contributed by atoms with Gasteiger partial charge in [0.15, 0.2) is 0 Å². The molecule has 1 saturated heterocycles. The van der Waals surface area contributed by atoms with Gasteiger partial charge in [0.25, 0.3) is 5.89 Å². The minimum absolute atomic E-state index is 0.411. The van der Waals surface area contributed by atoms with E-state index in [9.17, 15) is 0 Å². The van der Waals surface area contributed by atoms with Gasteiger partial charge in [0.2, 0.25) is 5.89 Å². The summed E-state index contributed by atoms with van der Waals surface area (Å²) in [6, 6.07) is 4.06. The average Bonchev–Trinajstić information content (AvgIpc) is 3.28. The summed E-state index contributed by atoms with van der Waals surface area (Å²) < 4.78 is 5.97. The van der Waals surface area contributed by atoms with Crippen LogP contribution in [0.4, 0.5) is 0 Å². The number of likely N-dealkylation sites (tertiary alicyclic amines) is 1. The lowest BCUT2D eigenvalue weighted by Gasteiger charge is -2.34. The molecule has 1 unspecified atom stereocenters. The molecule has 5 heteroatoms. The van der Waals surface area contributed by atoms with E-state index >= 15 is 0 Å². The second kappa shape index (κ2) is 7.14. The third-order valence-electron chi connectivity index (χ3n) is 5.27. The lowest BCUT2D eigenvalue weighted by molar-refractivity contribution is 0.152. The maximum absolute atomic E-state index is 5.97. The van der Waals surface area contributed by atoms with Crippen LogP contribution in [-0.2, 0) is 0 Å². The van der Waals surface area contributed by atoms with Crippen LogP contribution in [0.15, 0.2) is 21.9 Å². The van der Waals surface area contributed by atoms with E-state index in [1.165, 1.54) is 58.0 Å². The van der Waals surface area contributed by atoms with Gasteiger partial charge in [-0.25, -0.2) is 0 Å². The molecule has 2 aliphatic rings. The van der Waals surface area contributed by atoms with Crippen LogP contribution < -0.4 is 0 Å². The molecule has 0 bridgehead atoms. The molecule has 23 heavy (non-hydrogen) atoms. The Hall–Kier alpha value is -1.20. The quantitative estimate of drug-likeness (QED) is 0.824. The molecule has 0 radical (unpaired) electrons. The monoisotopic (exact) mass is 331 g/mol. The fourth-order valence-corrected chi connectivity index (χ4v) is 4.70. The molecule has 1 aliphatic heterocycles. The largest absolute Gasteiger partial charge is 0.420 e. The third-order valence-corrected chi connectivity index (χ3v) is 6.13. The predicted molar refractivity (Wildman–Crippen MR) is 92.6 cm³/mol. The van der Waals surface area contributed by atoms with Crippen molar-refractivity contribution in [3.05, 3.63) is 23.4 Å². The lowest BCUT2D eigenvalue weighted by atomic mass is 9.88.